The lowest BCUT2D eigenvalue weighted by atomic mass is 9.95. The molecule has 3 N–H and O–H groups in total. The fraction of sp³-hybridized carbons (Fsp3) is 0.375. The predicted octanol–water partition coefficient (Wildman–Crippen LogP) is 5.74. The van der Waals surface area contributed by atoms with Crippen molar-refractivity contribution in [3.05, 3.63) is 72.3 Å². The highest BCUT2D eigenvalue weighted by atomic mass is 16.5. The third-order valence-corrected chi connectivity index (χ3v) is 7.84. The summed E-state index contributed by atoms with van der Waals surface area (Å²) in [4.78, 5) is 31.1. The number of methoxy groups -OCH3 is 2. The number of carbonyl (C=O) groups is 2. The van der Waals surface area contributed by atoms with Crippen LogP contribution < -0.4 is 35.2 Å². The van der Waals surface area contributed by atoms with Crippen molar-refractivity contribution in [2.24, 2.45) is 0 Å². The molecule has 2 fully saturated rings. The monoisotopic (exact) mass is 557 g/mol. The summed E-state index contributed by atoms with van der Waals surface area (Å²) in [5.74, 6) is 1.32. The zero-order chi connectivity index (χ0) is 28.6. The molecule has 2 aliphatic rings. The van der Waals surface area contributed by atoms with Gasteiger partial charge >= 0.3 is 6.03 Å². The van der Waals surface area contributed by atoms with Crippen molar-refractivity contribution in [3.8, 4) is 11.5 Å². The molecule has 0 radical (unpaired) electrons. The van der Waals surface area contributed by atoms with Gasteiger partial charge in [0.1, 0.15) is 11.5 Å². The molecule has 0 bridgehead atoms. The largest absolute Gasteiger partial charge is 0.495 e. The molecular weight excluding hydrogens is 518 g/mol. The minimum atomic E-state index is -0.411. The fourth-order valence-electron chi connectivity index (χ4n) is 5.69. The number of urea groups is 1. The van der Waals surface area contributed by atoms with Gasteiger partial charge in [-0.2, -0.15) is 0 Å². The maximum absolute atomic E-state index is 13.6. The van der Waals surface area contributed by atoms with Gasteiger partial charge in [-0.25, -0.2) is 4.79 Å². The molecule has 1 saturated carbocycles. The lowest BCUT2D eigenvalue weighted by Crippen LogP contribution is -2.47. The molecule has 3 aromatic carbocycles. The average molecular weight is 558 g/mol. The molecule has 1 heterocycles. The Morgan fingerprint density at radius 1 is 0.732 bits per heavy atom. The lowest BCUT2D eigenvalue weighted by molar-refractivity contribution is 0.0928. The molecule has 0 unspecified atom stereocenters. The SMILES string of the molecule is COc1ccccc1NC(=O)Nc1ccc(N2CCN(c3ccccc3OC)CC2)c(C(=O)NC2CCCCC2)c1. The summed E-state index contributed by atoms with van der Waals surface area (Å²) in [7, 11) is 3.25. The van der Waals surface area contributed by atoms with Gasteiger partial charge in [0.15, 0.2) is 0 Å². The van der Waals surface area contributed by atoms with Crippen LogP contribution in [0.3, 0.4) is 0 Å². The Balaban J connectivity index is 1.34. The number of hydrogen-bond donors (Lipinski definition) is 3. The third kappa shape index (κ3) is 6.85. The van der Waals surface area contributed by atoms with E-state index in [4.69, 9.17) is 9.47 Å². The van der Waals surface area contributed by atoms with Gasteiger partial charge in [-0.15, -0.1) is 0 Å². The molecule has 9 heteroatoms. The number of ether oxygens (including phenoxy) is 2. The number of anilines is 4. The minimum absolute atomic E-state index is 0.104. The Morgan fingerprint density at radius 2 is 1.37 bits per heavy atom. The molecule has 5 rings (SSSR count). The first-order chi connectivity index (χ1) is 20.1. The van der Waals surface area contributed by atoms with E-state index in [1.54, 1.807) is 32.4 Å². The number of nitrogens with one attached hydrogen (secondary N) is 3. The summed E-state index contributed by atoms with van der Waals surface area (Å²) in [5, 5.41) is 8.98. The molecular formula is C32H39N5O4. The van der Waals surface area contributed by atoms with Gasteiger partial charge in [0.25, 0.3) is 5.91 Å². The van der Waals surface area contributed by atoms with Gasteiger partial charge in [0.2, 0.25) is 0 Å². The molecule has 216 valence electrons. The molecule has 1 saturated heterocycles. The van der Waals surface area contributed by atoms with Crippen molar-refractivity contribution in [2.45, 2.75) is 38.1 Å². The van der Waals surface area contributed by atoms with E-state index < -0.39 is 6.03 Å². The molecule has 0 aromatic heterocycles. The first-order valence-electron chi connectivity index (χ1n) is 14.3. The maximum Gasteiger partial charge on any atom is 0.323 e. The number of piperazine rings is 1. The molecule has 1 aliphatic carbocycles. The quantitative estimate of drug-likeness (QED) is 0.327. The number of rotatable bonds is 8. The van der Waals surface area contributed by atoms with Crippen LogP contribution in [0.5, 0.6) is 11.5 Å². The van der Waals surface area contributed by atoms with Crippen LogP contribution in [0.4, 0.5) is 27.5 Å². The number of para-hydroxylation sites is 4. The van der Waals surface area contributed by atoms with Crippen LogP contribution in [0.15, 0.2) is 66.7 Å². The highest BCUT2D eigenvalue weighted by Gasteiger charge is 2.25. The summed E-state index contributed by atoms with van der Waals surface area (Å²) in [6.45, 7) is 3.10. The molecule has 9 nitrogen and oxygen atoms in total. The van der Waals surface area contributed by atoms with Gasteiger partial charge < -0.3 is 35.2 Å². The van der Waals surface area contributed by atoms with Crippen LogP contribution >= 0.6 is 0 Å². The van der Waals surface area contributed by atoms with E-state index in [1.807, 2.05) is 42.5 Å². The summed E-state index contributed by atoms with van der Waals surface area (Å²) in [6.07, 6.45) is 5.48. The standard InChI is InChI=1S/C32H39N5O4/c1-40-29-14-8-6-12-26(29)35-32(39)34-24-16-17-27(25(22-24)31(38)33-23-10-4-3-5-11-23)36-18-20-37(21-19-36)28-13-7-9-15-30(28)41-2/h6-9,12-17,22-23H,3-5,10-11,18-21H2,1-2H3,(H,33,38)(H2,34,35,39). The number of carbonyl (C=O) groups excluding carboxylic acids is 2. The smallest absolute Gasteiger partial charge is 0.323 e. The highest BCUT2D eigenvalue weighted by Crippen LogP contribution is 2.31. The average Bonchev–Trinajstić information content (AvgIpc) is 3.02. The van der Waals surface area contributed by atoms with E-state index in [0.29, 0.717) is 22.7 Å². The van der Waals surface area contributed by atoms with Crippen LogP contribution in [0, 0.1) is 0 Å². The zero-order valence-corrected chi connectivity index (χ0v) is 23.8. The second kappa shape index (κ2) is 13.3. The Labute approximate surface area is 241 Å². The Bertz CT molecular complexity index is 1350. The van der Waals surface area contributed by atoms with Gasteiger partial charge in [-0.3, -0.25) is 4.79 Å². The summed E-state index contributed by atoms with van der Waals surface area (Å²) in [6, 6.07) is 20.6. The predicted molar refractivity (Wildman–Crippen MR) is 164 cm³/mol. The van der Waals surface area contributed by atoms with Crippen LogP contribution in [0.1, 0.15) is 42.5 Å². The Kier molecular flexibility index (Phi) is 9.13. The first kappa shape index (κ1) is 28.1. The van der Waals surface area contributed by atoms with Crippen molar-refractivity contribution >= 4 is 34.7 Å². The second-order valence-electron chi connectivity index (χ2n) is 10.5. The number of benzene rings is 3. The van der Waals surface area contributed by atoms with Crippen LogP contribution in [-0.4, -0.2) is 58.4 Å². The van der Waals surface area contributed by atoms with Crippen molar-refractivity contribution in [3.63, 3.8) is 0 Å². The third-order valence-electron chi connectivity index (χ3n) is 7.84. The van der Waals surface area contributed by atoms with Gasteiger partial charge in [-0.1, -0.05) is 43.5 Å². The van der Waals surface area contributed by atoms with E-state index in [0.717, 1.165) is 69.0 Å². The Hall–Kier alpha value is -4.40. The molecule has 0 spiro atoms. The minimum Gasteiger partial charge on any atom is -0.495 e. The van der Waals surface area contributed by atoms with Crippen molar-refractivity contribution in [2.75, 3.05) is 60.8 Å². The van der Waals surface area contributed by atoms with Crippen molar-refractivity contribution in [1.29, 1.82) is 0 Å². The van der Waals surface area contributed by atoms with Crippen LogP contribution in [-0.2, 0) is 0 Å². The van der Waals surface area contributed by atoms with Crippen molar-refractivity contribution < 1.29 is 19.1 Å². The molecule has 3 amide bonds. The molecule has 3 aromatic rings. The highest BCUT2D eigenvalue weighted by molar-refractivity contribution is 6.04. The van der Waals surface area contributed by atoms with Gasteiger partial charge in [-0.05, 0) is 55.3 Å². The normalized spacial score (nSPS) is 15.7. The number of hydrogen-bond acceptors (Lipinski definition) is 6. The zero-order valence-electron chi connectivity index (χ0n) is 23.8. The second-order valence-corrected chi connectivity index (χ2v) is 10.5. The van der Waals surface area contributed by atoms with E-state index in [2.05, 4.69) is 31.8 Å². The van der Waals surface area contributed by atoms with E-state index in [1.165, 1.54) is 6.42 Å². The number of nitrogens with zero attached hydrogens (tertiary/aromatic N) is 2. The fourth-order valence-corrected chi connectivity index (χ4v) is 5.69. The van der Waals surface area contributed by atoms with Crippen molar-refractivity contribution in [1.82, 2.24) is 5.32 Å². The molecule has 0 atom stereocenters. The van der Waals surface area contributed by atoms with E-state index in [9.17, 15) is 9.59 Å². The van der Waals surface area contributed by atoms with Gasteiger partial charge in [0.05, 0.1) is 31.2 Å². The first-order valence-corrected chi connectivity index (χ1v) is 14.3. The maximum atomic E-state index is 13.6. The van der Waals surface area contributed by atoms with Gasteiger partial charge in [0, 0.05) is 43.6 Å². The molecule has 41 heavy (non-hydrogen) atoms. The van der Waals surface area contributed by atoms with E-state index >= 15 is 0 Å². The topological polar surface area (TPSA) is 95.2 Å². The lowest BCUT2D eigenvalue weighted by Gasteiger charge is -2.38. The summed E-state index contributed by atoms with van der Waals surface area (Å²) in [5.41, 5.74) is 3.62. The van der Waals surface area contributed by atoms with Crippen LogP contribution in [0.2, 0.25) is 0 Å². The van der Waals surface area contributed by atoms with Crippen LogP contribution in [0.25, 0.3) is 0 Å². The number of amides is 3. The summed E-state index contributed by atoms with van der Waals surface area (Å²) >= 11 is 0. The molecule has 1 aliphatic heterocycles. The van der Waals surface area contributed by atoms with E-state index in [-0.39, 0.29) is 11.9 Å². The summed E-state index contributed by atoms with van der Waals surface area (Å²) < 4.78 is 10.9. The Morgan fingerprint density at radius 3 is 2.07 bits per heavy atom.